The van der Waals surface area contributed by atoms with Crippen LogP contribution in [-0.2, 0) is 0 Å². The standard InChI is InChI=1S/C20H31N.C6H15N.C4H9N.CH4/c1-13(21)15-6-7-16-18(15,2)11-9-17-19-10-4-3-5-14(19)8-12-20(16,17)19;1-3-5-7-6-4-2;1-3-5-4-2;/h14-17,21H,3-12H2,1-2H3;7H,3-6H2,1-2H3;3,5H,1,4H2,2H3;1H4. The lowest BCUT2D eigenvalue weighted by molar-refractivity contribution is 0.0510. The van der Waals surface area contributed by atoms with E-state index in [1.165, 1.54) is 64.5 Å². The van der Waals surface area contributed by atoms with Gasteiger partial charge in [0.1, 0.15) is 0 Å². The van der Waals surface area contributed by atoms with Crippen molar-refractivity contribution in [1.29, 1.82) is 5.41 Å². The van der Waals surface area contributed by atoms with Gasteiger partial charge in [-0.25, -0.2) is 0 Å². The second-order valence-electron chi connectivity index (χ2n) is 12.0. The van der Waals surface area contributed by atoms with Gasteiger partial charge in [0, 0.05) is 18.2 Å². The monoisotopic (exact) mass is 473 g/mol. The molecule has 34 heavy (non-hydrogen) atoms. The maximum atomic E-state index is 8.29. The molecule has 5 aliphatic carbocycles. The highest BCUT2D eigenvalue weighted by molar-refractivity contribution is 5.82. The van der Waals surface area contributed by atoms with Crippen LogP contribution in [0.4, 0.5) is 0 Å². The Bertz CT molecular complexity index is 655. The van der Waals surface area contributed by atoms with Crippen LogP contribution < -0.4 is 10.6 Å². The zero-order valence-corrected chi connectivity index (χ0v) is 22.7. The van der Waals surface area contributed by atoms with E-state index in [2.05, 4.69) is 44.9 Å². The number of fused-ring (bicyclic) bond motifs is 1. The number of rotatable bonds is 7. The Morgan fingerprint density at radius 1 is 0.912 bits per heavy atom. The molecule has 5 fully saturated rings. The third-order valence-electron chi connectivity index (χ3n) is 10.7. The summed E-state index contributed by atoms with van der Waals surface area (Å²) in [6, 6.07) is 0. The second-order valence-corrected chi connectivity index (χ2v) is 12.0. The van der Waals surface area contributed by atoms with Crippen molar-refractivity contribution in [2.45, 2.75) is 119 Å². The molecule has 0 aromatic rings. The minimum Gasteiger partial charge on any atom is -0.392 e. The van der Waals surface area contributed by atoms with Crippen LogP contribution >= 0.6 is 0 Å². The molecule has 0 radical (unpaired) electrons. The molecule has 7 atom stereocenters. The lowest BCUT2D eigenvalue weighted by Crippen LogP contribution is -2.40. The van der Waals surface area contributed by atoms with Crippen molar-refractivity contribution >= 4 is 5.71 Å². The average Bonchev–Trinajstić information content (AvgIpc) is 3.06. The van der Waals surface area contributed by atoms with Crippen LogP contribution in [0.15, 0.2) is 12.8 Å². The molecule has 7 unspecified atom stereocenters. The largest absolute Gasteiger partial charge is 0.392 e. The summed E-state index contributed by atoms with van der Waals surface area (Å²) < 4.78 is 0. The minimum absolute atomic E-state index is 0. The topological polar surface area (TPSA) is 47.9 Å². The number of nitrogens with one attached hydrogen (secondary N) is 3. The highest BCUT2D eigenvalue weighted by Gasteiger charge is 2.85. The molecule has 5 saturated carbocycles. The lowest BCUT2D eigenvalue weighted by Gasteiger charge is -2.45. The van der Waals surface area contributed by atoms with E-state index in [9.17, 15) is 0 Å². The Morgan fingerprint density at radius 2 is 1.62 bits per heavy atom. The molecule has 198 valence electrons. The van der Waals surface area contributed by atoms with E-state index in [0.29, 0.717) is 11.3 Å². The third kappa shape index (κ3) is 4.76. The van der Waals surface area contributed by atoms with Gasteiger partial charge in [-0.1, -0.05) is 47.6 Å². The van der Waals surface area contributed by atoms with E-state index in [1.807, 2.05) is 6.92 Å². The molecule has 3 N–H and O–H groups in total. The van der Waals surface area contributed by atoms with Gasteiger partial charge in [0.15, 0.2) is 0 Å². The predicted molar refractivity (Wildman–Crippen MR) is 151 cm³/mol. The molecular formula is C31H59N3. The lowest BCUT2D eigenvalue weighted by atomic mass is 9.59. The molecule has 2 spiro atoms. The van der Waals surface area contributed by atoms with Gasteiger partial charge in [0.25, 0.3) is 0 Å². The fourth-order valence-corrected chi connectivity index (χ4v) is 9.78. The molecular weight excluding hydrogens is 414 g/mol. The van der Waals surface area contributed by atoms with Crippen LogP contribution in [0.2, 0.25) is 0 Å². The van der Waals surface area contributed by atoms with Crippen LogP contribution in [0.3, 0.4) is 0 Å². The highest BCUT2D eigenvalue weighted by atomic mass is 14.9. The van der Waals surface area contributed by atoms with Gasteiger partial charge >= 0.3 is 0 Å². The molecule has 0 bridgehead atoms. The summed E-state index contributed by atoms with van der Waals surface area (Å²) in [6.07, 6.45) is 19.2. The van der Waals surface area contributed by atoms with E-state index in [0.717, 1.165) is 40.8 Å². The Kier molecular flexibility index (Phi) is 10.7. The molecule has 3 nitrogen and oxygen atoms in total. The van der Waals surface area contributed by atoms with Crippen molar-refractivity contribution in [3.63, 3.8) is 0 Å². The number of hydrogen-bond donors (Lipinski definition) is 3. The molecule has 0 aromatic carbocycles. The van der Waals surface area contributed by atoms with Crippen molar-refractivity contribution in [1.82, 2.24) is 10.6 Å². The van der Waals surface area contributed by atoms with Crippen LogP contribution in [0.5, 0.6) is 0 Å². The van der Waals surface area contributed by atoms with Crippen molar-refractivity contribution in [2.75, 3.05) is 19.6 Å². The first-order valence-electron chi connectivity index (χ1n) is 14.5. The summed E-state index contributed by atoms with van der Waals surface area (Å²) in [5, 5.41) is 14.4. The molecule has 3 heteroatoms. The summed E-state index contributed by atoms with van der Waals surface area (Å²) >= 11 is 0. The summed E-state index contributed by atoms with van der Waals surface area (Å²) in [5.41, 5.74) is 3.04. The van der Waals surface area contributed by atoms with Crippen LogP contribution in [-0.4, -0.2) is 25.3 Å². The zero-order valence-electron chi connectivity index (χ0n) is 22.7. The van der Waals surface area contributed by atoms with Crippen LogP contribution in [0, 0.1) is 45.3 Å². The molecule has 0 aromatic heterocycles. The minimum atomic E-state index is 0. The first-order chi connectivity index (χ1) is 15.9. The summed E-state index contributed by atoms with van der Waals surface area (Å²) in [5.74, 6) is 3.78. The first-order valence-corrected chi connectivity index (χ1v) is 14.5. The van der Waals surface area contributed by atoms with Crippen LogP contribution in [0.25, 0.3) is 0 Å². The summed E-state index contributed by atoms with van der Waals surface area (Å²) in [7, 11) is 0. The van der Waals surface area contributed by atoms with Gasteiger partial charge in [-0.05, 0) is 131 Å². The Hall–Kier alpha value is -0.830. The molecule has 5 rings (SSSR count). The SMILES string of the molecule is C.C=CNCC.CC(=N)C1CCC2C1(C)CCC1C34CCCCC3CCC214.CCCNCCC. The van der Waals surface area contributed by atoms with Crippen molar-refractivity contribution in [3.8, 4) is 0 Å². The maximum absolute atomic E-state index is 8.29. The zero-order chi connectivity index (χ0) is 24.1. The van der Waals surface area contributed by atoms with Gasteiger partial charge in [0.05, 0.1) is 0 Å². The van der Waals surface area contributed by atoms with Gasteiger partial charge < -0.3 is 16.0 Å². The fraction of sp³-hybridized carbons (Fsp3) is 0.903. The van der Waals surface area contributed by atoms with Gasteiger partial charge in [0.2, 0.25) is 0 Å². The normalized spacial score (nSPS) is 40.4. The molecule has 5 aliphatic rings. The van der Waals surface area contributed by atoms with E-state index in [4.69, 9.17) is 5.41 Å². The third-order valence-corrected chi connectivity index (χ3v) is 10.7. The average molecular weight is 474 g/mol. The molecule has 0 amide bonds. The Morgan fingerprint density at radius 3 is 2.18 bits per heavy atom. The molecule has 0 saturated heterocycles. The van der Waals surface area contributed by atoms with E-state index in [-0.39, 0.29) is 7.43 Å². The Balaban J connectivity index is 0.000000266. The van der Waals surface area contributed by atoms with E-state index >= 15 is 0 Å². The van der Waals surface area contributed by atoms with Crippen molar-refractivity contribution in [2.24, 2.45) is 39.9 Å². The fourth-order valence-electron chi connectivity index (χ4n) is 9.78. The molecule has 0 heterocycles. The molecule has 0 aliphatic heterocycles. The smallest absolute Gasteiger partial charge is 0.0112 e. The second kappa shape index (κ2) is 12.4. The van der Waals surface area contributed by atoms with Gasteiger partial charge in [-0.3, -0.25) is 0 Å². The van der Waals surface area contributed by atoms with E-state index < -0.39 is 0 Å². The summed E-state index contributed by atoms with van der Waals surface area (Å²) in [4.78, 5) is 0. The Labute approximate surface area is 213 Å². The van der Waals surface area contributed by atoms with Crippen molar-refractivity contribution < 1.29 is 0 Å². The van der Waals surface area contributed by atoms with Crippen LogP contribution in [0.1, 0.15) is 119 Å². The van der Waals surface area contributed by atoms with E-state index in [1.54, 1.807) is 31.9 Å². The van der Waals surface area contributed by atoms with Crippen molar-refractivity contribution in [3.05, 3.63) is 12.8 Å². The maximum Gasteiger partial charge on any atom is 0.0112 e. The van der Waals surface area contributed by atoms with Gasteiger partial charge in [-0.15, -0.1) is 0 Å². The highest BCUT2D eigenvalue weighted by Crippen LogP contribution is 2.91. The summed E-state index contributed by atoms with van der Waals surface area (Å²) in [6.45, 7) is 17.8. The number of hydrogen-bond acceptors (Lipinski definition) is 3. The predicted octanol–water partition coefficient (Wildman–Crippen LogP) is 8.21. The van der Waals surface area contributed by atoms with Gasteiger partial charge in [-0.2, -0.15) is 0 Å². The first kappa shape index (κ1) is 29.4. The quantitative estimate of drug-likeness (QED) is 0.258.